The standard InChI is InChI=1S/C11H9ClN4O4/c12-7-1-2-9(17)8(5-7)13-11(18)6-15-4-3-10(14-15)16(19)20/h1-5,17H,6H2,(H,13,18). The molecule has 0 atom stereocenters. The molecule has 9 heteroatoms. The normalized spacial score (nSPS) is 10.2. The minimum atomic E-state index is -0.656. The molecule has 2 aromatic rings. The minimum absolute atomic E-state index is 0.130. The molecule has 104 valence electrons. The van der Waals surface area contributed by atoms with E-state index in [2.05, 4.69) is 10.4 Å². The van der Waals surface area contributed by atoms with Gasteiger partial charge >= 0.3 is 5.82 Å². The van der Waals surface area contributed by atoms with Crippen molar-refractivity contribution in [3.05, 3.63) is 45.6 Å². The number of phenolic OH excluding ortho intramolecular Hbond substituents is 1. The molecule has 0 aliphatic heterocycles. The van der Waals surface area contributed by atoms with Gasteiger partial charge in [0, 0.05) is 5.02 Å². The van der Waals surface area contributed by atoms with E-state index in [1.807, 2.05) is 0 Å². The van der Waals surface area contributed by atoms with Crippen LogP contribution in [0.4, 0.5) is 11.5 Å². The lowest BCUT2D eigenvalue weighted by Crippen LogP contribution is -2.19. The Balaban J connectivity index is 2.05. The van der Waals surface area contributed by atoms with Crippen LogP contribution >= 0.6 is 11.6 Å². The highest BCUT2D eigenvalue weighted by molar-refractivity contribution is 6.31. The van der Waals surface area contributed by atoms with Crippen molar-refractivity contribution in [3.8, 4) is 5.75 Å². The maximum Gasteiger partial charge on any atom is 0.389 e. The third kappa shape index (κ3) is 3.23. The van der Waals surface area contributed by atoms with Gasteiger partial charge < -0.3 is 20.5 Å². The number of aromatic nitrogens is 2. The van der Waals surface area contributed by atoms with E-state index in [0.29, 0.717) is 5.02 Å². The molecule has 2 rings (SSSR count). The Morgan fingerprint density at radius 1 is 1.50 bits per heavy atom. The van der Waals surface area contributed by atoms with Crippen molar-refractivity contribution in [2.75, 3.05) is 5.32 Å². The summed E-state index contributed by atoms with van der Waals surface area (Å²) in [4.78, 5) is 21.5. The van der Waals surface area contributed by atoms with Gasteiger partial charge in [-0.2, -0.15) is 4.68 Å². The van der Waals surface area contributed by atoms with Crippen LogP contribution in [-0.4, -0.2) is 25.7 Å². The fourth-order valence-electron chi connectivity index (χ4n) is 1.48. The number of hydrogen-bond donors (Lipinski definition) is 2. The number of nitrogens with one attached hydrogen (secondary N) is 1. The van der Waals surface area contributed by atoms with Crippen LogP contribution in [0.15, 0.2) is 30.5 Å². The second-order valence-corrected chi connectivity index (χ2v) is 4.27. The summed E-state index contributed by atoms with van der Waals surface area (Å²) < 4.78 is 1.12. The summed E-state index contributed by atoms with van der Waals surface area (Å²) in [5.41, 5.74) is 0.157. The number of amides is 1. The van der Waals surface area contributed by atoms with E-state index in [0.717, 1.165) is 4.68 Å². The maximum atomic E-state index is 11.7. The zero-order valence-electron chi connectivity index (χ0n) is 9.99. The molecular weight excluding hydrogens is 288 g/mol. The number of nitrogens with zero attached hydrogens (tertiary/aromatic N) is 3. The lowest BCUT2D eigenvalue weighted by molar-refractivity contribution is -0.389. The number of carbonyl (C=O) groups excluding carboxylic acids is 1. The summed E-state index contributed by atoms with van der Waals surface area (Å²) in [6.07, 6.45) is 1.32. The molecule has 0 unspecified atom stereocenters. The molecule has 8 nitrogen and oxygen atoms in total. The van der Waals surface area contributed by atoms with Gasteiger partial charge in [-0.3, -0.25) is 4.79 Å². The first kappa shape index (κ1) is 13.8. The van der Waals surface area contributed by atoms with E-state index in [-0.39, 0.29) is 23.8 Å². The smallest absolute Gasteiger partial charge is 0.389 e. The van der Waals surface area contributed by atoms with Crippen molar-refractivity contribution in [1.82, 2.24) is 9.78 Å². The SMILES string of the molecule is O=C(Cn1ccc([N+](=O)[O-])n1)Nc1cc(Cl)ccc1O. The molecule has 1 heterocycles. The van der Waals surface area contributed by atoms with Gasteiger partial charge in [-0.05, 0) is 23.1 Å². The fourth-order valence-corrected chi connectivity index (χ4v) is 1.65. The lowest BCUT2D eigenvalue weighted by Gasteiger charge is -2.06. The van der Waals surface area contributed by atoms with E-state index in [9.17, 15) is 20.0 Å². The van der Waals surface area contributed by atoms with Gasteiger partial charge in [-0.15, -0.1) is 0 Å². The number of phenols is 1. The number of halogens is 1. The van der Waals surface area contributed by atoms with E-state index < -0.39 is 10.8 Å². The highest BCUT2D eigenvalue weighted by atomic mass is 35.5. The number of carbonyl (C=O) groups is 1. The van der Waals surface area contributed by atoms with Gasteiger partial charge in [0.05, 0.1) is 23.0 Å². The minimum Gasteiger partial charge on any atom is -0.506 e. The average Bonchev–Trinajstić information content (AvgIpc) is 2.82. The molecule has 1 aromatic heterocycles. The summed E-state index contributed by atoms with van der Waals surface area (Å²) in [7, 11) is 0. The first-order valence-electron chi connectivity index (χ1n) is 5.42. The molecule has 0 radical (unpaired) electrons. The second kappa shape index (κ2) is 5.57. The summed E-state index contributed by atoms with van der Waals surface area (Å²) in [5.74, 6) is -0.974. The maximum absolute atomic E-state index is 11.7. The molecule has 0 fully saturated rings. The molecule has 1 aromatic carbocycles. The lowest BCUT2D eigenvalue weighted by atomic mass is 10.3. The van der Waals surface area contributed by atoms with Crippen molar-refractivity contribution in [2.45, 2.75) is 6.54 Å². The molecule has 0 aliphatic carbocycles. The second-order valence-electron chi connectivity index (χ2n) is 3.84. The van der Waals surface area contributed by atoms with Crippen LogP contribution < -0.4 is 5.32 Å². The highest BCUT2D eigenvalue weighted by Crippen LogP contribution is 2.26. The number of benzene rings is 1. The van der Waals surface area contributed by atoms with Crippen LogP contribution in [0.2, 0.25) is 5.02 Å². The fraction of sp³-hybridized carbons (Fsp3) is 0.0909. The van der Waals surface area contributed by atoms with Crippen LogP contribution in [0.3, 0.4) is 0 Å². The predicted molar refractivity (Wildman–Crippen MR) is 70.6 cm³/mol. The Morgan fingerprint density at radius 2 is 2.25 bits per heavy atom. The Morgan fingerprint density at radius 3 is 2.90 bits per heavy atom. The summed E-state index contributed by atoms with van der Waals surface area (Å²) in [6.45, 7) is -0.222. The van der Waals surface area contributed by atoms with Crippen LogP contribution in [0, 0.1) is 10.1 Å². The average molecular weight is 297 g/mol. The van der Waals surface area contributed by atoms with Crippen molar-refractivity contribution in [2.24, 2.45) is 0 Å². The van der Waals surface area contributed by atoms with Crippen molar-refractivity contribution < 1.29 is 14.8 Å². The first-order valence-corrected chi connectivity index (χ1v) is 5.80. The first-order chi connectivity index (χ1) is 9.45. The van der Waals surface area contributed by atoms with Gasteiger partial charge in [0.25, 0.3) is 0 Å². The highest BCUT2D eigenvalue weighted by Gasteiger charge is 2.14. The largest absolute Gasteiger partial charge is 0.506 e. The zero-order valence-corrected chi connectivity index (χ0v) is 10.7. The molecule has 0 spiro atoms. The Bertz CT molecular complexity index is 670. The Hall–Kier alpha value is -2.61. The van der Waals surface area contributed by atoms with Crippen molar-refractivity contribution in [1.29, 1.82) is 0 Å². The molecule has 2 N–H and O–H groups in total. The molecule has 1 amide bonds. The molecule has 0 aliphatic rings. The van der Waals surface area contributed by atoms with Gasteiger partial charge in [-0.25, -0.2) is 0 Å². The van der Waals surface area contributed by atoms with Gasteiger partial charge in [0.1, 0.15) is 12.3 Å². The van der Waals surface area contributed by atoms with Gasteiger partial charge in [0.2, 0.25) is 5.91 Å². The van der Waals surface area contributed by atoms with Crippen LogP contribution in [0.1, 0.15) is 0 Å². The Kier molecular flexibility index (Phi) is 3.85. The zero-order chi connectivity index (χ0) is 14.7. The third-order valence-electron chi connectivity index (χ3n) is 2.35. The monoisotopic (exact) mass is 296 g/mol. The number of anilines is 1. The number of hydrogen-bond acceptors (Lipinski definition) is 5. The molecule has 0 bridgehead atoms. The molecule has 0 saturated heterocycles. The van der Waals surface area contributed by atoms with Crippen LogP contribution in [0.5, 0.6) is 5.75 Å². The summed E-state index contributed by atoms with van der Waals surface area (Å²) in [6, 6.07) is 5.39. The van der Waals surface area contributed by atoms with E-state index >= 15 is 0 Å². The number of rotatable bonds is 4. The van der Waals surface area contributed by atoms with Crippen molar-refractivity contribution >= 4 is 29.0 Å². The predicted octanol–water partition coefficient (Wildman–Crippen LogP) is 1.79. The summed E-state index contributed by atoms with van der Waals surface area (Å²) >= 11 is 5.74. The number of aromatic hydroxyl groups is 1. The summed E-state index contributed by atoms with van der Waals surface area (Å²) in [5, 5.41) is 26.4. The van der Waals surface area contributed by atoms with Gasteiger partial charge in [-0.1, -0.05) is 11.6 Å². The molecule has 0 saturated carbocycles. The van der Waals surface area contributed by atoms with Crippen LogP contribution in [-0.2, 0) is 11.3 Å². The van der Waals surface area contributed by atoms with E-state index in [1.54, 1.807) is 0 Å². The molecule has 20 heavy (non-hydrogen) atoms. The van der Waals surface area contributed by atoms with Crippen LogP contribution in [0.25, 0.3) is 0 Å². The third-order valence-corrected chi connectivity index (χ3v) is 2.59. The molecular formula is C11H9ClN4O4. The quantitative estimate of drug-likeness (QED) is 0.507. The number of nitro groups is 1. The van der Waals surface area contributed by atoms with Crippen molar-refractivity contribution in [3.63, 3.8) is 0 Å². The van der Waals surface area contributed by atoms with E-state index in [1.165, 1.54) is 30.5 Å². The van der Waals surface area contributed by atoms with E-state index in [4.69, 9.17) is 11.6 Å². The Labute approximate surface area is 117 Å². The topological polar surface area (TPSA) is 110 Å². The van der Waals surface area contributed by atoms with Gasteiger partial charge in [0.15, 0.2) is 0 Å².